The molecule has 0 radical (unpaired) electrons. The second-order valence-corrected chi connectivity index (χ2v) is 4.96. The Balaban J connectivity index is 2.08. The van der Waals surface area contributed by atoms with Crippen LogP contribution < -0.4 is 10.1 Å². The average molecular weight is 268 g/mol. The van der Waals surface area contributed by atoms with Gasteiger partial charge in [0.1, 0.15) is 11.6 Å². The molecule has 0 aliphatic rings. The van der Waals surface area contributed by atoms with Gasteiger partial charge in [0.15, 0.2) is 0 Å². The third kappa shape index (κ3) is 3.60. The van der Waals surface area contributed by atoms with Crippen molar-refractivity contribution in [1.29, 1.82) is 0 Å². The summed E-state index contributed by atoms with van der Waals surface area (Å²) >= 11 is 0. The molecule has 0 bridgehead atoms. The molecule has 3 heteroatoms. The molecule has 0 saturated heterocycles. The van der Waals surface area contributed by atoms with Crippen LogP contribution in [0.25, 0.3) is 5.70 Å². The van der Waals surface area contributed by atoms with Crippen LogP contribution in [0.15, 0.2) is 49.2 Å². The largest absolute Gasteiger partial charge is 0.491 e. The summed E-state index contributed by atoms with van der Waals surface area (Å²) in [5.41, 5.74) is 2.93. The summed E-state index contributed by atoms with van der Waals surface area (Å²) in [6, 6.07) is 11.8. The van der Waals surface area contributed by atoms with Gasteiger partial charge in [-0.05, 0) is 62.2 Å². The van der Waals surface area contributed by atoms with E-state index in [1.165, 1.54) is 0 Å². The van der Waals surface area contributed by atoms with Crippen molar-refractivity contribution in [1.82, 2.24) is 4.98 Å². The number of rotatable bonds is 5. The molecule has 0 unspecified atom stereocenters. The van der Waals surface area contributed by atoms with Crippen LogP contribution in [-0.4, -0.2) is 11.1 Å². The maximum atomic E-state index is 5.62. The number of anilines is 1. The van der Waals surface area contributed by atoms with Gasteiger partial charge < -0.3 is 10.1 Å². The first-order valence-corrected chi connectivity index (χ1v) is 6.71. The molecule has 0 amide bonds. The number of hydrogen-bond donors (Lipinski definition) is 1. The monoisotopic (exact) mass is 268 g/mol. The van der Waals surface area contributed by atoms with Gasteiger partial charge in [0.05, 0.1) is 6.10 Å². The number of nitrogens with one attached hydrogen (secondary N) is 1. The number of benzene rings is 1. The van der Waals surface area contributed by atoms with Crippen molar-refractivity contribution in [3.8, 4) is 5.75 Å². The molecule has 0 saturated carbocycles. The number of aromatic nitrogens is 1. The number of hydrogen-bond acceptors (Lipinski definition) is 3. The lowest BCUT2D eigenvalue weighted by molar-refractivity contribution is 0.242. The summed E-state index contributed by atoms with van der Waals surface area (Å²) in [7, 11) is 0. The fraction of sp³-hybridized carbons (Fsp3) is 0.235. The van der Waals surface area contributed by atoms with Gasteiger partial charge >= 0.3 is 0 Å². The molecule has 0 spiro atoms. The molecular weight excluding hydrogens is 248 g/mol. The molecule has 1 aromatic carbocycles. The van der Waals surface area contributed by atoms with E-state index >= 15 is 0 Å². The van der Waals surface area contributed by atoms with Crippen LogP contribution in [0.4, 0.5) is 5.82 Å². The molecule has 20 heavy (non-hydrogen) atoms. The quantitative estimate of drug-likeness (QED) is 0.879. The highest BCUT2D eigenvalue weighted by Gasteiger charge is 2.04. The van der Waals surface area contributed by atoms with E-state index in [0.29, 0.717) is 0 Å². The van der Waals surface area contributed by atoms with E-state index in [4.69, 9.17) is 4.74 Å². The summed E-state index contributed by atoms with van der Waals surface area (Å²) in [4.78, 5) is 4.30. The van der Waals surface area contributed by atoms with Gasteiger partial charge in [0.2, 0.25) is 0 Å². The van der Waals surface area contributed by atoms with Crippen LogP contribution in [0.5, 0.6) is 5.75 Å². The van der Waals surface area contributed by atoms with E-state index in [-0.39, 0.29) is 6.10 Å². The van der Waals surface area contributed by atoms with E-state index in [2.05, 4.69) is 16.9 Å². The second kappa shape index (κ2) is 6.24. The summed E-state index contributed by atoms with van der Waals surface area (Å²) in [5.74, 6) is 1.70. The normalized spacial score (nSPS) is 10.4. The third-order valence-electron chi connectivity index (χ3n) is 2.85. The predicted molar refractivity (Wildman–Crippen MR) is 83.8 cm³/mol. The van der Waals surface area contributed by atoms with E-state index in [9.17, 15) is 0 Å². The standard InChI is InChI=1S/C17H20N2O/c1-12(2)20-16-9-7-15(8-10-16)14(4)19-17-13(3)6-5-11-18-17/h5-12H,4H2,1-3H3,(H,18,19). The van der Waals surface area contributed by atoms with Crippen molar-refractivity contribution in [2.45, 2.75) is 26.9 Å². The lowest BCUT2D eigenvalue weighted by Gasteiger charge is -2.13. The van der Waals surface area contributed by atoms with Crippen molar-refractivity contribution in [3.05, 3.63) is 60.3 Å². The zero-order valence-electron chi connectivity index (χ0n) is 12.2. The lowest BCUT2D eigenvalue weighted by atomic mass is 10.1. The predicted octanol–water partition coefficient (Wildman–Crippen LogP) is 4.26. The zero-order valence-corrected chi connectivity index (χ0v) is 12.2. The van der Waals surface area contributed by atoms with Crippen molar-refractivity contribution in [2.75, 3.05) is 5.32 Å². The minimum Gasteiger partial charge on any atom is -0.491 e. The van der Waals surface area contributed by atoms with E-state index in [0.717, 1.165) is 28.4 Å². The summed E-state index contributed by atoms with van der Waals surface area (Å²) < 4.78 is 5.62. The van der Waals surface area contributed by atoms with Crippen LogP contribution in [0.3, 0.4) is 0 Å². The van der Waals surface area contributed by atoms with E-state index in [1.54, 1.807) is 6.20 Å². The molecule has 1 N–H and O–H groups in total. The van der Waals surface area contributed by atoms with Gasteiger partial charge in [-0.3, -0.25) is 0 Å². The zero-order chi connectivity index (χ0) is 14.5. The Hall–Kier alpha value is -2.29. The van der Waals surface area contributed by atoms with Crippen molar-refractivity contribution in [2.24, 2.45) is 0 Å². The maximum Gasteiger partial charge on any atom is 0.133 e. The van der Waals surface area contributed by atoms with Gasteiger partial charge in [0, 0.05) is 11.9 Å². The molecule has 3 nitrogen and oxygen atoms in total. The summed E-state index contributed by atoms with van der Waals surface area (Å²) in [5, 5.41) is 3.24. The molecular formula is C17H20N2O. The summed E-state index contributed by atoms with van der Waals surface area (Å²) in [6.07, 6.45) is 1.95. The van der Waals surface area contributed by atoms with Crippen LogP contribution in [0, 0.1) is 6.92 Å². The fourth-order valence-corrected chi connectivity index (χ4v) is 1.84. The third-order valence-corrected chi connectivity index (χ3v) is 2.85. The van der Waals surface area contributed by atoms with Gasteiger partial charge in [-0.25, -0.2) is 4.98 Å². The lowest BCUT2D eigenvalue weighted by Crippen LogP contribution is -2.05. The van der Waals surface area contributed by atoms with Crippen LogP contribution in [0.1, 0.15) is 25.0 Å². The number of pyridine rings is 1. The number of ether oxygens (including phenoxy) is 1. The Morgan fingerprint density at radius 1 is 1.20 bits per heavy atom. The highest BCUT2D eigenvalue weighted by atomic mass is 16.5. The highest BCUT2D eigenvalue weighted by molar-refractivity contribution is 5.74. The van der Waals surface area contributed by atoms with E-state index < -0.39 is 0 Å². The summed E-state index contributed by atoms with van der Waals surface area (Å²) in [6.45, 7) is 10.1. The van der Waals surface area contributed by atoms with Gasteiger partial charge in [-0.1, -0.05) is 12.6 Å². The topological polar surface area (TPSA) is 34.2 Å². The second-order valence-electron chi connectivity index (χ2n) is 4.96. The van der Waals surface area contributed by atoms with Crippen molar-refractivity contribution in [3.63, 3.8) is 0 Å². The SMILES string of the molecule is C=C(Nc1ncccc1C)c1ccc(OC(C)C)cc1. The van der Waals surface area contributed by atoms with Crippen molar-refractivity contribution >= 4 is 11.5 Å². The Bertz CT molecular complexity index is 588. The average Bonchev–Trinajstić information content (AvgIpc) is 2.41. The van der Waals surface area contributed by atoms with Gasteiger partial charge in [-0.2, -0.15) is 0 Å². The first kappa shape index (κ1) is 14.1. The molecule has 1 aromatic heterocycles. The highest BCUT2D eigenvalue weighted by Crippen LogP contribution is 2.21. The van der Waals surface area contributed by atoms with E-state index in [1.807, 2.05) is 57.2 Å². The Morgan fingerprint density at radius 3 is 2.50 bits per heavy atom. The first-order valence-electron chi connectivity index (χ1n) is 6.71. The molecule has 0 aliphatic heterocycles. The molecule has 104 valence electrons. The van der Waals surface area contributed by atoms with Crippen LogP contribution in [-0.2, 0) is 0 Å². The number of aryl methyl sites for hydroxylation is 1. The van der Waals surface area contributed by atoms with Gasteiger partial charge in [0.25, 0.3) is 0 Å². The smallest absolute Gasteiger partial charge is 0.133 e. The number of nitrogens with zero attached hydrogens (tertiary/aromatic N) is 1. The molecule has 0 aliphatic carbocycles. The molecule has 2 rings (SSSR count). The Morgan fingerprint density at radius 2 is 1.90 bits per heavy atom. The fourth-order valence-electron chi connectivity index (χ4n) is 1.84. The molecule has 2 aromatic rings. The maximum absolute atomic E-state index is 5.62. The Kier molecular flexibility index (Phi) is 4.41. The molecule has 0 fully saturated rings. The molecule has 0 atom stereocenters. The van der Waals surface area contributed by atoms with Crippen LogP contribution in [0.2, 0.25) is 0 Å². The van der Waals surface area contributed by atoms with Crippen molar-refractivity contribution < 1.29 is 4.74 Å². The first-order chi connectivity index (χ1) is 9.56. The van der Waals surface area contributed by atoms with Gasteiger partial charge in [-0.15, -0.1) is 0 Å². The minimum atomic E-state index is 0.179. The minimum absolute atomic E-state index is 0.179. The van der Waals surface area contributed by atoms with Crippen LogP contribution >= 0.6 is 0 Å². The Labute approximate surface area is 120 Å². The molecule has 1 heterocycles.